The zero-order chi connectivity index (χ0) is 14.6. The van der Waals surface area contributed by atoms with Gasteiger partial charge in [0.1, 0.15) is 12.1 Å². The van der Waals surface area contributed by atoms with Crippen molar-refractivity contribution >= 4 is 0 Å². The molecule has 0 radical (unpaired) electrons. The number of rotatable bonds is 13. The lowest BCUT2D eigenvalue weighted by atomic mass is 9.95. The van der Waals surface area contributed by atoms with Gasteiger partial charge in [-0.15, -0.1) is 0 Å². The Morgan fingerprint density at radius 3 is 1.57 bits per heavy atom. The van der Waals surface area contributed by atoms with Gasteiger partial charge in [0.2, 0.25) is 0 Å². The van der Waals surface area contributed by atoms with Gasteiger partial charge in [0.15, 0.2) is 0 Å². The quantitative estimate of drug-likeness (QED) is 0.305. The van der Waals surface area contributed by atoms with E-state index in [0.29, 0.717) is 5.06 Å². The normalized spacial score (nSPS) is 12.4. The molecule has 0 aliphatic carbocycles. The third-order valence-corrected chi connectivity index (χ3v) is 4.17. The summed E-state index contributed by atoms with van der Waals surface area (Å²) in [6, 6.07) is 0. The van der Waals surface area contributed by atoms with Gasteiger partial charge in [0.05, 0.1) is 0 Å². The SMILES string of the molecule is CCCCCCCCCCCC(C)(C)[NH+](O)CCC.[Cl-].[Cl-]. The fourth-order valence-electron chi connectivity index (χ4n) is 2.60. The molecule has 0 fully saturated rings. The minimum atomic E-state index is 0. The van der Waals surface area contributed by atoms with Crippen LogP contribution in [0.3, 0.4) is 0 Å². The number of quaternary nitrogens is 1. The second-order valence-corrected chi connectivity index (χ2v) is 6.66. The molecule has 2 nitrogen and oxygen atoms in total. The molecule has 0 aliphatic rings. The average molecular weight is 343 g/mol. The topological polar surface area (TPSA) is 24.7 Å². The Hall–Kier alpha value is 0.500. The first-order chi connectivity index (χ1) is 9.04. The van der Waals surface area contributed by atoms with Gasteiger partial charge in [-0.25, -0.2) is 5.21 Å². The Kier molecular flexibility index (Phi) is 21.2. The van der Waals surface area contributed by atoms with Crippen LogP contribution in [0, 0.1) is 0 Å². The summed E-state index contributed by atoms with van der Waals surface area (Å²) in [7, 11) is 0. The second kappa shape index (κ2) is 16.9. The fourth-order valence-corrected chi connectivity index (χ4v) is 2.60. The number of hydrogen-bond acceptors (Lipinski definition) is 1. The molecule has 0 rings (SSSR count). The average Bonchev–Trinajstić information content (AvgIpc) is 2.37. The molecule has 2 N–H and O–H groups in total. The molecule has 21 heavy (non-hydrogen) atoms. The maximum atomic E-state index is 10.0. The van der Waals surface area contributed by atoms with Crippen molar-refractivity contribution in [3.63, 3.8) is 0 Å². The first kappa shape index (κ1) is 26.4. The number of unbranched alkanes of at least 4 members (excludes halogenated alkanes) is 8. The van der Waals surface area contributed by atoms with E-state index in [0.717, 1.165) is 19.4 Å². The first-order valence-electron chi connectivity index (χ1n) is 8.59. The minimum Gasteiger partial charge on any atom is -1.00 e. The zero-order valence-electron chi connectivity index (χ0n) is 14.7. The highest BCUT2D eigenvalue weighted by Crippen LogP contribution is 2.14. The summed E-state index contributed by atoms with van der Waals surface area (Å²) in [5, 5.41) is 10.7. The van der Waals surface area contributed by atoms with Crippen molar-refractivity contribution in [3.05, 3.63) is 0 Å². The Morgan fingerprint density at radius 2 is 1.14 bits per heavy atom. The molecule has 132 valence electrons. The summed E-state index contributed by atoms with van der Waals surface area (Å²) in [6.45, 7) is 9.63. The van der Waals surface area contributed by atoms with Crippen molar-refractivity contribution < 1.29 is 35.1 Å². The van der Waals surface area contributed by atoms with Gasteiger partial charge in [0, 0.05) is 6.42 Å². The molecule has 0 aromatic heterocycles. The molecule has 4 heteroatoms. The van der Waals surface area contributed by atoms with Crippen molar-refractivity contribution in [1.29, 1.82) is 0 Å². The van der Waals surface area contributed by atoms with Crippen LogP contribution in [-0.4, -0.2) is 17.3 Å². The molecule has 0 saturated carbocycles. The molecule has 0 aromatic carbocycles. The highest BCUT2D eigenvalue weighted by molar-refractivity contribution is 4.65. The van der Waals surface area contributed by atoms with Crippen LogP contribution in [0.1, 0.15) is 98.3 Å². The lowest BCUT2D eigenvalue weighted by Crippen LogP contribution is -3.17. The number of nitrogens with one attached hydrogen (secondary N) is 1. The van der Waals surface area contributed by atoms with E-state index >= 15 is 0 Å². The predicted octanol–water partition coefficient (Wildman–Crippen LogP) is -1.62. The Labute approximate surface area is 145 Å². The molecule has 1 unspecified atom stereocenters. The maximum Gasteiger partial charge on any atom is 0.121 e. The zero-order valence-corrected chi connectivity index (χ0v) is 16.2. The van der Waals surface area contributed by atoms with E-state index in [1.165, 1.54) is 57.8 Å². The number of halogens is 2. The van der Waals surface area contributed by atoms with E-state index in [-0.39, 0.29) is 30.4 Å². The first-order valence-corrected chi connectivity index (χ1v) is 8.59. The van der Waals surface area contributed by atoms with E-state index < -0.39 is 0 Å². The van der Waals surface area contributed by atoms with Crippen molar-refractivity contribution in [1.82, 2.24) is 0 Å². The highest BCUT2D eigenvalue weighted by Gasteiger charge is 2.28. The molecular weight excluding hydrogens is 305 g/mol. The van der Waals surface area contributed by atoms with Crippen LogP contribution in [0.5, 0.6) is 0 Å². The van der Waals surface area contributed by atoms with Gasteiger partial charge >= 0.3 is 0 Å². The minimum absolute atomic E-state index is 0. The third-order valence-electron chi connectivity index (χ3n) is 4.17. The molecule has 0 saturated heterocycles. The highest BCUT2D eigenvalue weighted by atomic mass is 35.5. The van der Waals surface area contributed by atoms with E-state index in [2.05, 4.69) is 27.7 Å². The second-order valence-electron chi connectivity index (χ2n) is 6.66. The van der Waals surface area contributed by atoms with Gasteiger partial charge in [-0.1, -0.05) is 65.2 Å². The third kappa shape index (κ3) is 15.2. The smallest absolute Gasteiger partial charge is 0.121 e. The maximum absolute atomic E-state index is 10.0. The van der Waals surface area contributed by atoms with Crippen LogP contribution in [0.4, 0.5) is 0 Å². The molecular formula is C17H38Cl2NO-. The van der Waals surface area contributed by atoms with Gasteiger partial charge < -0.3 is 24.8 Å². The van der Waals surface area contributed by atoms with Crippen LogP contribution in [-0.2, 0) is 0 Å². The number of hydroxylamine groups is 2. The molecule has 0 spiro atoms. The van der Waals surface area contributed by atoms with E-state index in [1.807, 2.05) is 0 Å². The van der Waals surface area contributed by atoms with Gasteiger partial charge in [-0.2, -0.15) is 5.06 Å². The summed E-state index contributed by atoms with van der Waals surface area (Å²) in [5.41, 5.74) is 0.0249. The van der Waals surface area contributed by atoms with Gasteiger partial charge in [0.25, 0.3) is 0 Å². The summed E-state index contributed by atoms with van der Waals surface area (Å²) >= 11 is 0. The van der Waals surface area contributed by atoms with Crippen molar-refractivity contribution in [3.8, 4) is 0 Å². The van der Waals surface area contributed by atoms with Crippen LogP contribution < -0.4 is 29.9 Å². The number of hydrogen-bond donors (Lipinski definition) is 2. The van der Waals surface area contributed by atoms with E-state index in [1.54, 1.807) is 0 Å². The molecule has 0 aliphatic heterocycles. The largest absolute Gasteiger partial charge is 1.00 e. The van der Waals surface area contributed by atoms with Gasteiger partial charge in [-0.05, 0) is 26.7 Å². The lowest BCUT2D eigenvalue weighted by molar-refractivity contribution is -1.12. The van der Waals surface area contributed by atoms with Crippen LogP contribution in [0.25, 0.3) is 0 Å². The van der Waals surface area contributed by atoms with Crippen LogP contribution >= 0.6 is 0 Å². The molecule has 0 amide bonds. The van der Waals surface area contributed by atoms with Crippen molar-refractivity contribution in [2.45, 2.75) is 104 Å². The van der Waals surface area contributed by atoms with Crippen molar-refractivity contribution in [2.24, 2.45) is 0 Å². The van der Waals surface area contributed by atoms with E-state index in [9.17, 15) is 5.21 Å². The van der Waals surface area contributed by atoms with Crippen molar-refractivity contribution in [2.75, 3.05) is 6.54 Å². The lowest BCUT2D eigenvalue weighted by Gasteiger charge is -2.28. The Morgan fingerprint density at radius 1 is 0.714 bits per heavy atom. The standard InChI is InChI=1S/C17H37NO.2ClH/c1-5-7-8-9-10-11-12-13-14-15-17(3,4)18(19)16-6-2;;/h19H,5-16H2,1-4H3;2*1H/p-1. The summed E-state index contributed by atoms with van der Waals surface area (Å²) in [5.74, 6) is 0. The van der Waals surface area contributed by atoms with Crippen LogP contribution in [0.2, 0.25) is 0 Å². The van der Waals surface area contributed by atoms with Crippen LogP contribution in [0.15, 0.2) is 0 Å². The van der Waals surface area contributed by atoms with E-state index in [4.69, 9.17) is 0 Å². The molecule has 0 aromatic rings. The summed E-state index contributed by atoms with van der Waals surface area (Å²) in [4.78, 5) is 0. The summed E-state index contributed by atoms with van der Waals surface area (Å²) in [6.07, 6.45) is 14.5. The molecule has 0 bridgehead atoms. The molecule has 1 atom stereocenters. The van der Waals surface area contributed by atoms with Gasteiger partial charge in [-0.3, -0.25) is 0 Å². The Bertz CT molecular complexity index is 201. The Balaban J connectivity index is -0.00000162. The fraction of sp³-hybridized carbons (Fsp3) is 1.00. The predicted molar refractivity (Wildman–Crippen MR) is 83.8 cm³/mol. The summed E-state index contributed by atoms with van der Waals surface area (Å²) < 4.78 is 0. The monoisotopic (exact) mass is 342 g/mol. The molecule has 0 heterocycles.